The quantitative estimate of drug-likeness (QED) is 0.838. The van der Waals surface area contributed by atoms with Crippen molar-refractivity contribution in [1.29, 1.82) is 0 Å². The molecule has 1 N–H and O–H groups in total. The zero-order valence-electron chi connectivity index (χ0n) is 13.3. The van der Waals surface area contributed by atoms with Gasteiger partial charge in [-0.25, -0.2) is 0 Å². The summed E-state index contributed by atoms with van der Waals surface area (Å²) in [5, 5.41) is 7.41. The largest absolute Gasteiger partial charge is 0.489 e. The molecule has 0 saturated heterocycles. The van der Waals surface area contributed by atoms with Crippen molar-refractivity contribution < 1.29 is 9.26 Å². The van der Waals surface area contributed by atoms with E-state index in [-0.39, 0.29) is 0 Å². The Bertz CT molecular complexity index is 541. The highest BCUT2D eigenvalue weighted by atomic mass is 16.5. The van der Waals surface area contributed by atoms with E-state index in [1.54, 1.807) is 0 Å². The monoisotopic (exact) mass is 288 g/mol. The molecule has 4 nitrogen and oxygen atoms in total. The van der Waals surface area contributed by atoms with Gasteiger partial charge in [0.15, 0.2) is 0 Å². The lowest BCUT2D eigenvalue weighted by molar-refractivity contribution is 0.301. The molecule has 0 saturated carbocycles. The Balaban J connectivity index is 1.99. The third kappa shape index (κ3) is 3.85. The van der Waals surface area contributed by atoms with Gasteiger partial charge in [0.1, 0.15) is 18.1 Å². The number of hydrogen-bond acceptors (Lipinski definition) is 4. The van der Waals surface area contributed by atoms with E-state index in [1.165, 1.54) is 5.56 Å². The molecule has 4 heteroatoms. The van der Waals surface area contributed by atoms with Gasteiger partial charge in [0.25, 0.3) is 0 Å². The molecule has 0 amide bonds. The fourth-order valence-corrected chi connectivity index (χ4v) is 2.40. The van der Waals surface area contributed by atoms with Gasteiger partial charge in [0.2, 0.25) is 0 Å². The molecule has 0 aliphatic carbocycles. The van der Waals surface area contributed by atoms with Gasteiger partial charge in [-0.1, -0.05) is 31.1 Å². The van der Waals surface area contributed by atoms with E-state index < -0.39 is 0 Å². The smallest absolute Gasteiger partial charge is 0.140 e. The number of hydrogen-bond donors (Lipinski definition) is 1. The van der Waals surface area contributed by atoms with Crippen molar-refractivity contribution in [1.82, 2.24) is 10.5 Å². The first-order valence-electron chi connectivity index (χ1n) is 7.53. The van der Waals surface area contributed by atoms with Crippen LogP contribution in [0.15, 0.2) is 28.8 Å². The molecule has 0 bridgehead atoms. The highest BCUT2D eigenvalue weighted by Gasteiger charge is 2.10. The molecule has 2 rings (SSSR count). The number of ether oxygens (including phenoxy) is 1. The maximum absolute atomic E-state index is 5.82. The lowest BCUT2D eigenvalue weighted by atomic mass is 10.0. The molecule has 1 aromatic carbocycles. The van der Waals surface area contributed by atoms with Crippen LogP contribution in [0.4, 0.5) is 0 Å². The van der Waals surface area contributed by atoms with Crippen molar-refractivity contribution in [3.63, 3.8) is 0 Å². The Hall–Kier alpha value is -1.81. The van der Waals surface area contributed by atoms with Crippen molar-refractivity contribution in [3.05, 3.63) is 46.8 Å². The fraction of sp³-hybridized carbons (Fsp3) is 0.471. The normalized spacial score (nSPS) is 12.4. The van der Waals surface area contributed by atoms with Crippen molar-refractivity contribution >= 4 is 0 Å². The number of nitrogens with zero attached hydrogens (tertiary/aromatic N) is 1. The number of rotatable bonds is 7. The molecule has 0 aliphatic rings. The highest BCUT2D eigenvalue weighted by molar-refractivity contribution is 5.30. The predicted octanol–water partition coefficient (Wildman–Crippen LogP) is 3.93. The van der Waals surface area contributed by atoms with E-state index in [9.17, 15) is 0 Å². The number of aromatic nitrogens is 1. The Labute approximate surface area is 126 Å². The molecule has 1 heterocycles. The van der Waals surface area contributed by atoms with E-state index in [2.05, 4.69) is 36.5 Å². The van der Waals surface area contributed by atoms with Crippen LogP contribution in [0.2, 0.25) is 0 Å². The van der Waals surface area contributed by atoms with E-state index in [1.807, 2.05) is 26.0 Å². The average Bonchev–Trinajstić information content (AvgIpc) is 2.82. The summed E-state index contributed by atoms with van der Waals surface area (Å²) in [5.41, 5.74) is 3.21. The van der Waals surface area contributed by atoms with Crippen LogP contribution in [0.3, 0.4) is 0 Å². The second-order valence-electron chi connectivity index (χ2n) is 5.18. The summed E-state index contributed by atoms with van der Waals surface area (Å²) in [6.07, 6.45) is 1.08. The zero-order chi connectivity index (χ0) is 15.2. The van der Waals surface area contributed by atoms with Gasteiger partial charge in [0.05, 0.1) is 11.3 Å². The third-order valence-electron chi connectivity index (χ3n) is 3.71. The molecular formula is C17H24N2O2. The standard InChI is InChI=1S/C17H24N2O2/c1-5-17(18-6-2)14-7-9-15(10-8-14)20-11-16-12(3)19-21-13(16)4/h7-10,17-18H,5-6,11H2,1-4H3. The summed E-state index contributed by atoms with van der Waals surface area (Å²) in [6, 6.07) is 8.70. The van der Waals surface area contributed by atoms with Gasteiger partial charge < -0.3 is 14.6 Å². The lowest BCUT2D eigenvalue weighted by Crippen LogP contribution is -2.19. The molecule has 0 radical (unpaired) electrons. The van der Waals surface area contributed by atoms with Crippen LogP contribution in [-0.2, 0) is 6.61 Å². The lowest BCUT2D eigenvalue weighted by Gasteiger charge is -2.16. The second kappa shape index (κ2) is 7.27. The van der Waals surface area contributed by atoms with Crippen molar-refractivity contribution in [2.24, 2.45) is 0 Å². The molecular weight excluding hydrogens is 264 g/mol. The molecule has 1 unspecified atom stereocenters. The maximum Gasteiger partial charge on any atom is 0.140 e. The van der Waals surface area contributed by atoms with Crippen LogP contribution >= 0.6 is 0 Å². The van der Waals surface area contributed by atoms with Gasteiger partial charge in [0, 0.05) is 6.04 Å². The minimum absolute atomic E-state index is 0.409. The summed E-state index contributed by atoms with van der Waals surface area (Å²) in [5.74, 6) is 1.69. The first-order chi connectivity index (χ1) is 10.2. The van der Waals surface area contributed by atoms with Crippen molar-refractivity contribution in [3.8, 4) is 5.75 Å². The molecule has 0 fully saturated rings. The number of aryl methyl sites for hydroxylation is 2. The van der Waals surface area contributed by atoms with Gasteiger partial charge >= 0.3 is 0 Å². The van der Waals surface area contributed by atoms with E-state index in [0.29, 0.717) is 12.6 Å². The first-order valence-corrected chi connectivity index (χ1v) is 7.53. The third-order valence-corrected chi connectivity index (χ3v) is 3.71. The first kappa shape index (κ1) is 15.6. The Kier molecular flexibility index (Phi) is 5.39. The van der Waals surface area contributed by atoms with Crippen LogP contribution in [-0.4, -0.2) is 11.7 Å². The van der Waals surface area contributed by atoms with Crippen LogP contribution in [0, 0.1) is 13.8 Å². The van der Waals surface area contributed by atoms with Gasteiger partial charge in [-0.3, -0.25) is 0 Å². The van der Waals surface area contributed by atoms with Crippen LogP contribution in [0.25, 0.3) is 0 Å². The van der Waals surface area contributed by atoms with Gasteiger partial charge in [-0.15, -0.1) is 0 Å². The molecule has 0 aliphatic heterocycles. The van der Waals surface area contributed by atoms with Crippen molar-refractivity contribution in [2.45, 2.75) is 46.8 Å². The maximum atomic E-state index is 5.82. The number of nitrogens with one attached hydrogen (secondary N) is 1. The Morgan fingerprint density at radius 3 is 2.43 bits per heavy atom. The second-order valence-corrected chi connectivity index (χ2v) is 5.18. The van der Waals surface area contributed by atoms with Gasteiger partial charge in [-0.2, -0.15) is 0 Å². The summed E-state index contributed by atoms with van der Waals surface area (Å²) in [4.78, 5) is 0. The molecule has 21 heavy (non-hydrogen) atoms. The number of benzene rings is 1. The molecule has 0 spiro atoms. The topological polar surface area (TPSA) is 47.3 Å². The van der Waals surface area contributed by atoms with E-state index >= 15 is 0 Å². The zero-order valence-corrected chi connectivity index (χ0v) is 13.3. The van der Waals surface area contributed by atoms with Crippen molar-refractivity contribution in [2.75, 3.05) is 6.54 Å². The summed E-state index contributed by atoms with van der Waals surface area (Å²) < 4.78 is 11.0. The molecule has 114 valence electrons. The Morgan fingerprint density at radius 1 is 1.19 bits per heavy atom. The predicted molar refractivity (Wildman–Crippen MR) is 83.5 cm³/mol. The summed E-state index contributed by atoms with van der Waals surface area (Å²) in [6.45, 7) is 9.62. The fourth-order valence-electron chi connectivity index (χ4n) is 2.40. The minimum Gasteiger partial charge on any atom is -0.489 e. The average molecular weight is 288 g/mol. The van der Waals surface area contributed by atoms with Crippen LogP contribution < -0.4 is 10.1 Å². The van der Waals surface area contributed by atoms with E-state index in [0.717, 1.165) is 35.7 Å². The van der Waals surface area contributed by atoms with E-state index in [4.69, 9.17) is 9.26 Å². The SMILES string of the molecule is CCNC(CC)c1ccc(OCc2c(C)noc2C)cc1. The highest BCUT2D eigenvalue weighted by Crippen LogP contribution is 2.21. The van der Waals surface area contributed by atoms with Gasteiger partial charge in [-0.05, 0) is 44.5 Å². The van der Waals surface area contributed by atoms with Crippen LogP contribution in [0.5, 0.6) is 5.75 Å². The van der Waals surface area contributed by atoms with Crippen LogP contribution in [0.1, 0.15) is 48.9 Å². The summed E-state index contributed by atoms with van der Waals surface area (Å²) in [7, 11) is 0. The molecule has 2 aromatic rings. The molecule has 1 atom stereocenters. The summed E-state index contributed by atoms with van der Waals surface area (Å²) >= 11 is 0. The minimum atomic E-state index is 0.409. The Morgan fingerprint density at radius 2 is 1.90 bits per heavy atom. The molecule has 1 aromatic heterocycles.